The summed E-state index contributed by atoms with van der Waals surface area (Å²) in [5, 5.41) is 28.0. The molecule has 0 amide bonds. The Morgan fingerprint density at radius 1 is 0.658 bits per heavy atom. The number of benzene rings is 4. The fourth-order valence-electron chi connectivity index (χ4n) is 3.51. The molecule has 0 aromatic heterocycles. The van der Waals surface area contributed by atoms with Crippen LogP contribution in [0.1, 0.15) is 0 Å². The van der Waals surface area contributed by atoms with Gasteiger partial charge in [0.15, 0.2) is 5.75 Å². The first-order valence-corrected chi connectivity index (χ1v) is 13.7. The summed E-state index contributed by atoms with van der Waals surface area (Å²) in [5.74, 6) is -1.90. The standard InChI is InChI=1S/C20H14N2O11S3.2Na/c23-15-9-16(35(28,29)30)13-3-1-2-4-14(13)18(15)21-22-19-12-6-5-11(34(25,26)27)7-10(12)8-17(20(19)24)36(31,32)33;;/h1-9,23-24H,(H,25,26,27)(H,28,29,30)(H,31,32,33);;/q;2*+1/p-2. The predicted molar refractivity (Wildman–Crippen MR) is 121 cm³/mol. The largest absolute Gasteiger partial charge is 1.00 e. The van der Waals surface area contributed by atoms with E-state index in [1.165, 1.54) is 24.3 Å². The molecule has 4 aromatic carbocycles. The number of aromatic hydroxyl groups is 2. The summed E-state index contributed by atoms with van der Waals surface area (Å²) >= 11 is 0. The number of rotatable bonds is 5. The molecule has 0 heterocycles. The smallest absolute Gasteiger partial charge is 0.744 e. The average molecular weight is 599 g/mol. The Hall–Kier alpha value is -1.67. The maximum absolute atomic E-state index is 11.7. The van der Waals surface area contributed by atoms with E-state index in [9.17, 15) is 49.1 Å². The maximum Gasteiger partial charge on any atom is 1.00 e. The van der Waals surface area contributed by atoms with Crippen LogP contribution in [0.15, 0.2) is 79.5 Å². The summed E-state index contributed by atoms with van der Waals surface area (Å²) in [6, 6.07) is 9.56. The number of fused-ring (bicyclic) bond motifs is 2. The molecular formula is C20H12N2Na2O11S3. The van der Waals surface area contributed by atoms with Crippen molar-refractivity contribution in [3.05, 3.63) is 54.6 Å². The molecule has 0 unspecified atom stereocenters. The number of azo groups is 1. The predicted octanol–water partition coefficient (Wildman–Crippen LogP) is -3.12. The fourth-order valence-corrected chi connectivity index (χ4v) is 5.34. The fraction of sp³-hybridized carbons (Fsp3) is 0. The van der Waals surface area contributed by atoms with Gasteiger partial charge in [-0.2, -0.15) is 8.42 Å². The van der Waals surface area contributed by atoms with Gasteiger partial charge in [-0.15, -0.1) is 10.2 Å². The average Bonchev–Trinajstić information content (AvgIpc) is 2.76. The van der Waals surface area contributed by atoms with E-state index in [2.05, 4.69) is 10.2 Å². The van der Waals surface area contributed by atoms with Crippen molar-refractivity contribution in [2.45, 2.75) is 14.7 Å². The van der Waals surface area contributed by atoms with E-state index in [4.69, 9.17) is 0 Å². The molecule has 3 N–H and O–H groups in total. The van der Waals surface area contributed by atoms with E-state index in [1.807, 2.05) is 0 Å². The van der Waals surface area contributed by atoms with Crippen LogP contribution in [0.25, 0.3) is 21.5 Å². The molecule has 13 nitrogen and oxygen atoms in total. The summed E-state index contributed by atoms with van der Waals surface area (Å²) in [6.07, 6.45) is 0. The Kier molecular flexibility index (Phi) is 9.80. The number of hydrogen-bond donors (Lipinski definition) is 3. The maximum atomic E-state index is 11.7. The van der Waals surface area contributed by atoms with Crippen molar-refractivity contribution in [1.29, 1.82) is 0 Å². The first kappa shape index (κ1) is 32.5. The Bertz CT molecular complexity index is 1940. The zero-order valence-electron chi connectivity index (χ0n) is 19.4. The van der Waals surface area contributed by atoms with Gasteiger partial charge in [0.1, 0.15) is 42.3 Å². The molecule has 0 fully saturated rings. The molecule has 188 valence electrons. The summed E-state index contributed by atoms with van der Waals surface area (Å²) < 4.78 is 102. The minimum atomic E-state index is -5.32. The Labute approximate surface area is 260 Å². The van der Waals surface area contributed by atoms with Gasteiger partial charge in [0, 0.05) is 22.2 Å². The normalized spacial score (nSPS) is 12.4. The molecule has 4 rings (SSSR count). The van der Waals surface area contributed by atoms with Gasteiger partial charge < -0.3 is 19.3 Å². The molecule has 0 saturated carbocycles. The van der Waals surface area contributed by atoms with Crippen molar-refractivity contribution >= 4 is 63.3 Å². The van der Waals surface area contributed by atoms with E-state index in [0.717, 1.165) is 18.2 Å². The molecule has 0 bridgehead atoms. The number of phenolic OH excluding ortho intramolecular Hbond substituents is 2. The van der Waals surface area contributed by atoms with Crippen LogP contribution in [-0.4, -0.2) is 49.1 Å². The van der Waals surface area contributed by atoms with E-state index in [-0.39, 0.29) is 86.3 Å². The third-order valence-corrected chi connectivity index (χ3v) is 7.64. The SMILES string of the molecule is O=S(=O)([O-])c1ccc2c(N=Nc3c(O)cc(S(=O)(=O)O)c4ccccc34)c(O)c(S(=O)(=O)[O-])cc2c1.[Na+].[Na+]. The second-order valence-corrected chi connectivity index (χ2v) is 11.4. The second kappa shape index (κ2) is 11.4. The van der Waals surface area contributed by atoms with Crippen molar-refractivity contribution in [3.8, 4) is 11.5 Å². The molecule has 0 aliphatic carbocycles. The first-order chi connectivity index (χ1) is 16.6. The number of phenols is 2. The third kappa shape index (κ3) is 6.38. The Balaban J connectivity index is 0.00000253. The van der Waals surface area contributed by atoms with Crippen LogP contribution in [0.5, 0.6) is 11.5 Å². The minimum absolute atomic E-state index is 0. The molecule has 4 aromatic rings. The molecule has 38 heavy (non-hydrogen) atoms. The van der Waals surface area contributed by atoms with Crippen molar-refractivity contribution in [2.24, 2.45) is 10.2 Å². The molecule has 0 saturated heterocycles. The van der Waals surface area contributed by atoms with Gasteiger partial charge in [-0.1, -0.05) is 30.3 Å². The van der Waals surface area contributed by atoms with Crippen LogP contribution in [0, 0.1) is 0 Å². The quantitative estimate of drug-likeness (QED) is 0.118. The molecular weight excluding hydrogens is 586 g/mol. The summed E-state index contributed by atoms with van der Waals surface area (Å²) in [7, 11) is -15.0. The van der Waals surface area contributed by atoms with Gasteiger partial charge in [-0.05, 0) is 23.6 Å². The molecule has 0 spiro atoms. The van der Waals surface area contributed by atoms with Crippen LogP contribution in [0.4, 0.5) is 11.4 Å². The van der Waals surface area contributed by atoms with Crippen LogP contribution in [0.3, 0.4) is 0 Å². The van der Waals surface area contributed by atoms with Gasteiger partial charge in [0.25, 0.3) is 10.1 Å². The van der Waals surface area contributed by atoms with Crippen molar-refractivity contribution < 1.29 is 108 Å². The zero-order valence-corrected chi connectivity index (χ0v) is 25.9. The third-order valence-electron chi connectivity index (χ3n) is 5.07. The number of nitrogens with zero attached hydrogens (tertiary/aromatic N) is 2. The molecule has 18 heteroatoms. The van der Waals surface area contributed by atoms with Crippen molar-refractivity contribution in [2.75, 3.05) is 0 Å². The zero-order chi connectivity index (χ0) is 26.6. The minimum Gasteiger partial charge on any atom is -0.744 e. The van der Waals surface area contributed by atoms with Gasteiger partial charge in [0.05, 0.1) is 9.79 Å². The molecule has 0 aliphatic heterocycles. The first-order valence-electron chi connectivity index (χ1n) is 9.44. The van der Waals surface area contributed by atoms with Gasteiger partial charge >= 0.3 is 59.1 Å². The van der Waals surface area contributed by atoms with E-state index in [0.29, 0.717) is 12.1 Å². The monoisotopic (exact) mass is 598 g/mol. The van der Waals surface area contributed by atoms with E-state index >= 15 is 0 Å². The topological polar surface area (TPSA) is 234 Å². The van der Waals surface area contributed by atoms with Crippen molar-refractivity contribution in [1.82, 2.24) is 0 Å². The van der Waals surface area contributed by atoms with Gasteiger partial charge in [-0.3, -0.25) is 4.55 Å². The van der Waals surface area contributed by atoms with Crippen LogP contribution in [0.2, 0.25) is 0 Å². The van der Waals surface area contributed by atoms with E-state index in [1.54, 1.807) is 0 Å². The second-order valence-electron chi connectivity index (χ2n) is 7.33. The van der Waals surface area contributed by atoms with Crippen LogP contribution < -0.4 is 59.1 Å². The summed E-state index contributed by atoms with van der Waals surface area (Å²) in [5.41, 5.74) is -0.973. The Morgan fingerprint density at radius 2 is 1.24 bits per heavy atom. The molecule has 0 aliphatic rings. The molecule has 0 radical (unpaired) electrons. The number of hydrogen-bond acceptors (Lipinski definition) is 12. The van der Waals surface area contributed by atoms with Gasteiger partial charge in [-0.25, -0.2) is 16.8 Å². The van der Waals surface area contributed by atoms with Crippen LogP contribution >= 0.6 is 0 Å². The van der Waals surface area contributed by atoms with Gasteiger partial charge in [0.2, 0.25) is 0 Å². The molecule has 0 atom stereocenters. The summed E-state index contributed by atoms with van der Waals surface area (Å²) in [4.78, 5) is -2.56. The van der Waals surface area contributed by atoms with Crippen molar-refractivity contribution in [3.63, 3.8) is 0 Å². The summed E-state index contributed by atoms with van der Waals surface area (Å²) in [6.45, 7) is 0. The van der Waals surface area contributed by atoms with E-state index < -0.39 is 62.2 Å². The van der Waals surface area contributed by atoms with Crippen LogP contribution in [-0.2, 0) is 30.4 Å². The Morgan fingerprint density at radius 3 is 1.79 bits per heavy atom.